The Morgan fingerprint density at radius 2 is 1.88 bits per heavy atom. The molecule has 0 aliphatic rings. The van der Waals surface area contributed by atoms with Crippen LogP contribution in [0.15, 0.2) is 47.4 Å². The molecule has 2 N–H and O–H groups in total. The summed E-state index contributed by atoms with van der Waals surface area (Å²) in [5.41, 5.74) is 0.233. The summed E-state index contributed by atoms with van der Waals surface area (Å²) in [4.78, 5) is 11.4. The number of unbranched alkanes of at least 4 members (excludes halogenated alkanes) is 1. The average Bonchev–Trinajstić information content (AvgIpc) is 2.55. The molecule has 2 aromatic carbocycles. The molecule has 6 nitrogen and oxygen atoms in total. The Kier molecular flexibility index (Phi) is 6.03. The van der Waals surface area contributed by atoms with Crippen molar-refractivity contribution >= 4 is 21.5 Å². The zero-order valence-corrected chi connectivity index (χ0v) is 15.0. The highest BCUT2D eigenvalue weighted by Crippen LogP contribution is 2.34. The Morgan fingerprint density at radius 3 is 2.44 bits per heavy atom. The molecule has 0 spiro atoms. The van der Waals surface area contributed by atoms with Gasteiger partial charge in [-0.1, -0.05) is 31.5 Å². The van der Waals surface area contributed by atoms with Crippen molar-refractivity contribution in [3.05, 3.63) is 48.0 Å². The van der Waals surface area contributed by atoms with Crippen LogP contribution >= 0.6 is 0 Å². The van der Waals surface area contributed by atoms with Gasteiger partial charge in [-0.25, -0.2) is 13.2 Å². The first-order valence-corrected chi connectivity index (χ1v) is 9.80. The van der Waals surface area contributed by atoms with Crippen LogP contribution in [0.3, 0.4) is 0 Å². The van der Waals surface area contributed by atoms with Crippen molar-refractivity contribution in [1.29, 1.82) is 0 Å². The third kappa shape index (κ3) is 4.96. The molecule has 0 saturated heterocycles. The third-order valence-electron chi connectivity index (χ3n) is 3.53. The highest BCUT2D eigenvalue weighted by atomic mass is 32.2. The summed E-state index contributed by atoms with van der Waals surface area (Å²) in [5.74, 6) is -0.636. The van der Waals surface area contributed by atoms with Gasteiger partial charge in [0.15, 0.2) is 9.84 Å². The van der Waals surface area contributed by atoms with E-state index in [1.807, 2.05) is 13.0 Å². The zero-order chi connectivity index (χ0) is 18.4. The topological polar surface area (TPSA) is 92.7 Å². The van der Waals surface area contributed by atoms with Crippen LogP contribution in [0, 0.1) is 0 Å². The van der Waals surface area contributed by atoms with E-state index in [9.17, 15) is 18.3 Å². The van der Waals surface area contributed by atoms with Gasteiger partial charge < -0.3 is 15.2 Å². The van der Waals surface area contributed by atoms with E-state index in [4.69, 9.17) is 4.74 Å². The molecule has 0 radical (unpaired) electrons. The van der Waals surface area contributed by atoms with Crippen molar-refractivity contribution in [2.24, 2.45) is 0 Å². The Hall–Kier alpha value is -2.54. The molecule has 0 saturated carbocycles. The van der Waals surface area contributed by atoms with Crippen molar-refractivity contribution in [1.82, 2.24) is 0 Å². The van der Waals surface area contributed by atoms with Gasteiger partial charge in [-0.15, -0.1) is 0 Å². The van der Waals surface area contributed by atoms with Gasteiger partial charge in [0.25, 0.3) is 0 Å². The second kappa shape index (κ2) is 8.02. The molecule has 0 aromatic heterocycles. The van der Waals surface area contributed by atoms with Crippen molar-refractivity contribution in [2.75, 3.05) is 18.1 Å². The van der Waals surface area contributed by atoms with Crippen molar-refractivity contribution in [3.63, 3.8) is 0 Å². The Bertz CT molecular complexity index is 847. The number of hydrogen-bond acceptors (Lipinski definition) is 5. The summed E-state index contributed by atoms with van der Waals surface area (Å²) in [6.07, 6.45) is 2.84. The van der Waals surface area contributed by atoms with Crippen molar-refractivity contribution < 1.29 is 23.1 Å². The van der Waals surface area contributed by atoms with Gasteiger partial charge >= 0.3 is 5.97 Å². The summed E-state index contributed by atoms with van der Waals surface area (Å²) < 4.78 is 29.9. The lowest BCUT2D eigenvalue weighted by Crippen LogP contribution is -2.10. The smallest absolute Gasteiger partial charge is 0.337 e. The van der Waals surface area contributed by atoms with Crippen LogP contribution in [0.4, 0.5) is 5.69 Å². The second-order valence-electron chi connectivity index (χ2n) is 5.62. The summed E-state index contributed by atoms with van der Waals surface area (Å²) in [5, 5.41) is 12.5. The maximum absolute atomic E-state index is 12.1. The van der Waals surface area contributed by atoms with Gasteiger partial charge in [-0.2, -0.15) is 0 Å². The van der Waals surface area contributed by atoms with E-state index in [2.05, 4.69) is 5.32 Å². The summed E-state index contributed by atoms with van der Waals surface area (Å²) in [6.45, 7) is 2.61. The number of aromatic carboxylic acids is 1. The van der Waals surface area contributed by atoms with Crippen LogP contribution in [0.5, 0.6) is 11.5 Å². The number of hydrogen-bond donors (Lipinski definition) is 2. The van der Waals surface area contributed by atoms with Crippen LogP contribution in [-0.2, 0) is 9.84 Å². The van der Waals surface area contributed by atoms with E-state index in [1.54, 1.807) is 24.3 Å². The quantitative estimate of drug-likeness (QED) is 0.693. The fourth-order valence-electron chi connectivity index (χ4n) is 2.27. The summed E-state index contributed by atoms with van der Waals surface area (Å²) in [7, 11) is -3.67. The fourth-order valence-corrected chi connectivity index (χ4v) is 3.07. The largest absolute Gasteiger partial charge is 0.478 e. The van der Waals surface area contributed by atoms with Gasteiger partial charge in [0, 0.05) is 18.9 Å². The Balaban J connectivity index is 2.53. The number of benzene rings is 2. The molecule has 2 aromatic rings. The van der Waals surface area contributed by atoms with Gasteiger partial charge in [0.2, 0.25) is 0 Å². The highest BCUT2D eigenvalue weighted by molar-refractivity contribution is 7.90. The van der Waals surface area contributed by atoms with Gasteiger partial charge in [-0.3, -0.25) is 0 Å². The number of para-hydroxylation sites is 1. The Morgan fingerprint density at radius 1 is 1.20 bits per heavy atom. The number of nitrogens with one attached hydrogen (secondary N) is 1. The van der Waals surface area contributed by atoms with Crippen molar-refractivity contribution in [2.45, 2.75) is 24.7 Å². The molecular weight excluding hydrogens is 342 g/mol. The minimum atomic E-state index is -3.67. The van der Waals surface area contributed by atoms with E-state index < -0.39 is 15.8 Å². The number of rotatable bonds is 8. The molecule has 7 heteroatoms. The van der Waals surface area contributed by atoms with E-state index in [-0.39, 0.29) is 16.2 Å². The lowest BCUT2D eigenvalue weighted by Gasteiger charge is -2.15. The molecule has 0 atom stereocenters. The lowest BCUT2D eigenvalue weighted by atomic mass is 10.1. The van der Waals surface area contributed by atoms with Gasteiger partial charge in [-0.05, 0) is 24.6 Å². The average molecular weight is 363 g/mol. The number of sulfone groups is 1. The summed E-state index contributed by atoms with van der Waals surface area (Å²) >= 11 is 0. The number of anilines is 1. The second-order valence-corrected chi connectivity index (χ2v) is 7.60. The maximum atomic E-state index is 12.1. The first-order valence-electron chi connectivity index (χ1n) is 7.91. The molecule has 0 heterocycles. The number of ether oxygens (including phenoxy) is 1. The van der Waals surface area contributed by atoms with Crippen LogP contribution in [0.2, 0.25) is 0 Å². The van der Waals surface area contributed by atoms with Crippen LogP contribution in [-0.4, -0.2) is 32.3 Å². The molecule has 0 unspecified atom stereocenters. The molecule has 0 aliphatic carbocycles. The lowest BCUT2D eigenvalue weighted by molar-refractivity contribution is 0.0697. The fraction of sp³-hybridized carbons (Fsp3) is 0.278. The van der Waals surface area contributed by atoms with Gasteiger partial charge in [0.1, 0.15) is 16.4 Å². The highest BCUT2D eigenvalue weighted by Gasteiger charge is 2.22. The van der Waals surface area contributed by atoms with Crippen LogP contribution < -0.4 is 10.1 Å². The maximum Gasteiger partial charge on any atom is 0.337 e. The van der Waals surface area contributed by atoms with E-state index >= 15 is 0 Å². The van der Waals surface area contributed by atoms with Gasteiger partial charge in [0.05, 0.1) is 11.3 Å². The predicted molar refractivity (Wildman–Crippen MR) is 96.4 cm³/mol. The molecule has 0 amide bonds. The van der Waals surface area contributed by atoms with E-state index in [1.165, 1.54) is 6.07 Å². The zero-order valence-electron chi connectivity index (χ0n) is 14.2. The first kappa shape index (κ1) is 18.8. The Labute approximate surface area is 147 Å². The number of carboxylic acid groups (broad SMARTS) is 1. The number of carbonyl (C=O) groups is 1. The molecule has 0 aliphatic heterocycles. The molecule has 134 valence electrons. The third-order valence-corrected chi connectivity index (χ3v) is 4.65. The standard InChI is InChI=1S/C18H21NO5S/c1-3-4-10-19-15-12-16(24-13-8-6-5-7-9-13)17(25(2,22)23)11-14(15)18(20)21/h5-9,11-12,19H,3-4,10H2,1-2H3,(H,20,21). The number of carboxylic acids is 1. The van der Waals surface area contributed by atoms with E-state index in [0.29, 0.717) is 18.0 Å². The molecule has 0 bridgehead atoms. The first-order chi connectivity index (χ1) is 11.8. The molecule has 0 fully saturated rings. The SMILES string of the molecule is CCCCNc1cc(Oc2ccccc2)c(S(C)(=O)=O)cc1C(=O)O. The predicted octanol–water partition coefficient (Wildman–Crippen LogP) is 3.79. The van der Waals surface area contributed by atoms with E-state index in [0.717, 1.165) is 25.2 Å². The monoisotopic (exact) mass is 363 g/mol. The van der Waals surface area contributed by atoms with Crippen LogP contribution in [0.25, 0.3) is 0 Å². The molecular formula is C18H21NO5S. The summed E-state index contributed by atoms with van der Waals surface area (Å²) in [6, 6.07) is 11.3. The van der Waals surface area contributed by atoms with Crippen LogP contribution in [0.1, 0.15) is 30.1 Å². The minimum absolute atomic E-state index is 0.0951. The normalized spacial score (nSPS) is 11.1. The molecule has 2 rings (SSSR count). The van der Waals surface area contributed by atoms with Crippen molar-refractivity contribution in [3.8, 4) is 11.5 Å². The molecule has 25 heavy (non-hydrogen) atoms. The minimum Gasteiger partial charge on any atom is -0.478 e.